The second kappa shape index (κ2) is 6.48. The first-order valence-electron chi connectivity index (χ1n) is 5.59. The molecule has 1 atom stereocenters. The molecule has 5 heteroatoms. The Morgan fingerprint density at radius 2 is 2.44 bits per heavy atom. The maximum atomic E-state index is 5.71. The standard InChI is InChI=1S/C11H20N4S/c1-4-5-13-11(12)15-6-8(2)10-14-7-9(3)16-10/h7-8H,4-6H2,1-3H3,(H3,12,13,15). The number of thiazole rings is 1. The van der Waals surface area contributed by atoms with Crippen LogP contribution in [0.25, 0.3) is 0 Å². The van der Waals surface area contributed by atoms with Crippen LogP contribution in [0.2, 0.25) is 0 Å². The fourth-order valence-electron chi connectivity index (χ4n) is 1.22. The molecule has 0 aliphatic carbocycles. The second-order valence-corrected chi connectivity index (χ2v) is 5.13. The number of rotatable bonds is 5. The number of aromatic nitrogens is 1. The summed E-state index contributed by atoms with van der Waals surface area (Å²) in [4.78, 5) is 9.88. The minimum absolute atomic E-state index is 0.334. The second-order valence-electron chi connectivity index (χ2n) is 3.86. The van der Waals surface area contributed by atoms with E-state index in [9.17, 15) is 0 Å². The van der Waals surface area contributed by atoms with E-state index in [0.717, 1.165) is 18.0 Å². The van der Waals surface area contributed by atoms with Crippen LogP contribution in [0.3, 0.4) is 0 Å². The number of hydrogen-bond donors (Lipinski definition) is 2. The van der Waals surface area contributed by atoms with E-state index < -0.39 is 0 Å². The zero-order valence-electron chi connectivity index (χ0n) is 10.2. The van der Waals surface area contributed by atoms with Crippen molar-refractivity contribution < 1.29 is 0 Å². The van der Waals surface area contributed by atoms with Gasteiger partial charge in [0.15, 0.2) is 5.96 Å². The summed E-state index contributed by atoms with van der Waals surface area (Å²) in [6.07, 6.45) is 2.95. The number of nitrogens with one attached hydrogen (secondary N) is 1. The summed E-state index contributed by atoms with van der Waals surface area (Å²) < 4.78 is 0. The molecule has 1 aromatic rings. The number of aryl methyl sites for hydroxylation is 1. The Kier molecular flexibility index (Phi) is 5.25. The van der Waals surface area contributed by atoms with Gasteiger partial charge in [-0.05, 0) is 13.3 Å². The molecule has 1 rings (SSSR count). The van der Waals surface area contributed by atoms with Gasteiger partial charge in [-0.2, -0.15) is 0 Å². The van der Waals surface area contributed by atoms with Crippen molar-refractivity contribution in [2.45, 2.75) is 33.1 Å². The van der Waals surface area contributed by atoms with Crippen LogP contribution in [0.1, 0.15) is 36.1 Å². The molecule has 1 unspecified atom stereocenters. The largest absolute Gasteiger partial charge is 0.370 e. The van der Waals surface area contributed by atoms with Crippen molar-refractivity contribution in [1.82, 2.24) is 10.3 Å². The summed E-state index contributed by atoms with van der Waals surface area (Å²) in [5.74, 6) is 0.864. The molecule has 0 radical (unpaired) electrons. The molecule has 0 aliphatic rings. The van der Waals surface area contributed by atoms with E-state index in [1.807, 2.05) is 6.20 Å². The van der Waals surface area contributed by atoms with Gasteiger partial charge in [-0.1, -0.05) is 13.8 Å². The van der Waals surface area contributed by atoms with E-state index >= 15 is 0 Å². The molecule has 0 spiro atoms. The molecule has 0 fully saturated rings. The Labute approximate surface area is 101 Å². The minimum Gasteiger partial charge on any atom is -0.370 e. The Bertz CT molecular complexity index is 346. The smallest absolute Gasteiger partial charge is 0.188 e. The third-order valence-corrected chi connectivity index (χ3v) is 3.30. The van der Waals surface area contributed by atoms with E-state index in [2.05, 4.69) is 36.1 Å². The first kappa shape index (κ1) is 13.0. The van der Waals surface area contributed by atoms with Gasteiger partial charge in [0.25, 0.3) is 0 Å². The zero-order chi connectivity index (χ0) is 12.0. The number of nitrogens with two attached hydrogens (primary N) is 1. The van der Waals surface area contributed by atoms with E-state index in [0.29, 0.717) is 18.4 Å². The minimum atomic E-state index is 0.334. The average Bonchev–Trinajstić information content (AvgIpc) is 2.69. The lowest BCUT2D eigenvalue weighted by Gasteiger charge is -2.06. The third-order valence-electron chi connectivity index (χ3n) is 2.15. The lowest BCUT2D eigenvalue weighted by Crippen LogP contribution is -2.32. The maximum absolute atomic E-state index is 5.71. The fraction of sp³-hybridized carbons (Fsp3) is 0.636. The zero-order valence-corrected chi connectivity index (χ0v) is 11.0. The summed E-state index contributed by atoms with van der Waals surface area (Å²) in [5.41, 5.74) is 5.71. The quantitative estimate of drug-likeness (QED) is 0.610. The summed E-state index contributed by atoms with van der Waals surface area (Å²) >= 11 is 1.72. The van der Waals surface area contributed by atoms with Gasteiger partial charge in [0.1, 0.15) is 0 Å². The van der Waals surface area contributed by atoms with E-state index in [1.165, 1.54) is 4.88 Å². The lowest BCUT2D eigenvalue weighted by atomic mass is 10.2. The molecular formula is C11H20N4S. The molecule has 0 bridgehead atoms. The molecule has 0 aromatic carbocycles. The van der Waals surface area contributed by atoms with Crippen molar-refractivity contribution in [3.63, 3.8) is 0 Å². The van der Waals surface area contributed by atoms with E-state index in [4.69, 9.17) is 5.73 Å². The van der Waals surface area contributed by atoms with Crippen LogP contribution in [0.5, 0.6) is 0 Å². The molecular weight excluding hydrogens is 220 g/mol. The van der Waals surface area contributed by atoms with Crippen LogP contribution in [-0.2, 0) is 0 Å². The Morgan fingerprint density at radius 1 is 1.69 bits per heavy atom. The number of guanidine groups is 1. The highest BCUT2D eigenvalue weighted by Crippen LogP contribution is 2.20. The summed E-state index contributed by atoms with van der Waals surface area (Å²) in [6.45, 7) is 7.85. The molecule has 3 N–H and O–H groups in total. The molecule has 0 saturated carbocycles. The Hall–Kier alpha value is -1.10. The van der Waals surface area contributed by atoms with E-state index in [1.54, 1.807) is 11.3 Å². The van der Waals surface area contributed by atoms with Crippen molar-refractivity contribution in [3.05, 3.63) is 16.1 Å². The van der Waals surface area contributed by atoms with Gasteiger partial charge in [0, 0.05) is 23.5 Å². The monoisotopic (exact) mass is 240 g/mol. The highest BCUT2D eigenvalue weighted by molar-refractivity contribution is 7.11. The van der Waals surface area contributed by atoms with Gasteiger partial charge in [0.05, 0.1) is 11.6 Å². The van der Waals surface area contributed by atoms with E-state index in [-0.39, 0.29) is 0 Å². The van der Waals surface area contributed by atoms with Crippen molar-refractivity contribution in [2.75, 3.05) is 13.1 Å². The third kappa shape index (κ3) is 4.18. The van der Waals surface area contributed by atoms with Crippen LogP contribution in [-0.4, -0.2) is 24.0 Å². The lowest BCUT2D eigenvalue weighted by molar-refractivity contribution is 0.753. The Morgan fingerprint density at radius 3 is 3.00 bits per heavy atom. The predicted molar refractivity (Wildman–Crippen MR) is 70.0 cm³/mol. The summed E-state index contributed by atoms with van der Waals surface area (Å²) in [5, 5.41) is 4.18. The molecule has 0 aliphatic heterocycles. The van der Waals surface area contributed by atoms with Crippen molar-refractivity contribution >= 4 is 17.3 Å². The molecule has 16 heavy (non-hydrogen) atoms. The average molecular weight is 240 g/mol. The molecule has 1 aromatic heterocycles. The van der Waals surface area contributed by atoms with Crippen molar-refractivity contribution in [2.24, 2.45) is 10.7 Å². The Balaban J connectivity index is 2.42. The maximum Gasteiger partial charge on any atom is 0.188 e. The molecule has 1 heterocycles. The molecule has 0 saturated heterocycles. The van der Waals surface area contributed by atoms with Crippen LogP contribution in [0.15, 0.2) is 11.2 Å². The molecule has 4 nitrogen and oxygen atoms in total. The normalized spacial score (nSPS) is 13.8. The van der Waals surface area contributed by atoms with Crippen molar-refractivity contribution in [3.8, 4) is 0 Å². The number of nitrogens with zero attached hydrogens (tertiary/aromatic N) is 2. The van der Waals surface area contributed by atoms with Crippen LogP contribution in [0, 0.1) is 6.92 Å². The number of aliphatic imine (C=N–C) groups is 1. The number of hydrogen-bond acceptors (Lipinski definition) is 3. The van der Waals surface area contributed by atoms with Gasteiger partial charge in [-0.15, -0.1) is 11.3 Å². The topological polar surface area (TPSA) is 63.3 Å². The first-order valence-corrected chi connectivity index (χ1v) is 6.41. The van der Waals surface area contributed by atoms with Gasteiger partial charge in [0.2, 0.25) is 0 Å². The molecule has 0 amide bonds. The molecule has 90 valence electrons. The summed E-state index contributed by atoms with van der Waals surface area (Å²) in [6, 6.07) is 0. The van der Waals surface area contributed by atoms with Gasteiger partial charge in [-0.25, -0.2) is 4.98 Å². The van der Waals surface area contributed by atoms with Crippen LogP contribution >= 0.6 is 11.3 Å². The SMILES string of the molecule is CCCNC(N)=NCC(C)c1ncc(C)s1. The fourth-order valence-corrected chi connectivity index (χ4v) is 2.04. The highest BCUT2D eigenvalue weighted by atomic mass is 32.1. The highest BCUT2D eigenvalue weighted by Gasteiger charge is 2.08. The van der Waals surface area contributed by atoms with Crippen LogP contribution < -0.4 is 11.1 Å². The van der Waals surface area contributed by atoms with Gasteiger partial charge < -0.3 is 11.1 Å². The van der Waals surface area contributed by atoms with Crippen molar-refractivity contribution in [1.29, 1.82) is 0 Å². The van der Waals surface area contributed by atoms with Gasteiger partial charge >= 0.3 is 0 Å². The predicted octanol–water partition coefficient (Wildman–Crippen LogP) is 1.87. The van der Waals surface area contributed by atoms with Crippen LogP contribution in [0.4, 0.5) is 0 Å². The summed E-state index contributed by atoms with van der Waals surface area (Å²) in [7, 11) is 0. The first-order chi connectivity index (χ1) is 7.63. The van der Waals surface area contributed by atoms with Gasteiger partial charge in [-0.3, -0.25) is 4.99 Å².